The standard InChI is InChI=1S/C8H20N2.ClH/c1-7(2,3)6-8(4,5)10-9;/h10H,6,9H2,1-5H3;1H. The second-order valence-corrected chi connectivity index (χ2v) is 4.77. The molecule has 3 N–H and O–H groups in total. The molecule has 3 heteroatoms. The van der Waals surface area contributed by atoms with Crippen LogP contribution in [0.25, 0.3) is 0 Å². The summed E-state index contributed by atoms with van der Waals surface area (Å²) in [5.74, 6) is 5.36. The third kappa shape index (κ3) is 8.11. The van der Waals surface area contributed by atoms with Gasteiger partial charge in [-0.2, -0.15) is 0 Å². The molecule has 0 saturated carbocycles. The van der Waals surface area contributed by atoms with Gasteiger partial charge in [0.2, 0.25) is 0 Å². The van der Waals surface area contributed by atoms with Gasteiger partial charge in [-0.05, 0) is 25.7 Å². The van der Waals surface area contributed by atoms with Gasteiger partial charge >= 0.3 is 0 Å². The smallest absolute Gasteiger partial charge is 0.0270 e. The lowest BCUT2D eigenvalue weighted by Crippen LogP contribution is -2.46. The Morgan fingerprint density at radius 2 is 1.45 bits per heavy atom. The lowest BCUT2D eigenvalue weighted by molar-refractivity contribution is 0.244. The number of rotatable bonds is 2. The second-order valence-electron chi connectivity index (χ2n) is 4.77. The van der Waals surface area contributed by atoms with Crippen LogP contribution < -0.4 is 11.3 Å². The highest BCUT2D eigenvalue weighted by Crippen LogP contribution is 2.25. The first-order chi connectivity index (χ1) is 4.27. The van der Waals surface area contributed by atoms with Crippen molar-refractivity contribution in [2.75, 3.05) is 0 Å². The van der Waals surface area contributed by atoms with E-state index >= 15 is 0 Å². The van der Waals surface area contributed by atoms with E-state index in [1.807, 2.05) is 0 Å². The fourth-order valence-electron chi connectivity index (χ4n) is 1.38. The molecule has 0 fully saturated rings. The van der Waals surface area contributed by atoms with E-state index in [0.717, 1.165) is 6.42 Å². The van der Waals surface area contributed by atoms with Gasteiger partial charge in [-0.1, -0.05) is 20.8 Å². The summed E-state index contributed by atoms with van der Waals surface area (Å²) < 4.78 is 0. The number of hydrogen-bond acceptors (Lipinski definition) is 2. The largest absolute Gasteiger partial charge is 0.271 e. The Hall–Kier alpha value is 0.210. The van der Waals surface area contributed by atoms with Crippen LogP contribution in [0.1, 0.15) is 41.0 Å². The molecule has 0 aliphatic carbocycles. The van der Waals surface area contributed by atoms with Crippen LogP contribution in [0.15, 0.2) is 0 Å². The Labute approximate surface area is 76.3 Å². The monoisotopic (exact) mass is 180 g/mol. The zero-order valence-electron chi connectivity index (χ0n) is 8.19. The van der Waals surface area contributed by atoms with Gasteiger partial charge in [0.05, 0.1) is 0 Å². The van der Waals surface area contributed by atoms with Gasteiger partial charge in [-0.15, -0.1) is 12.4 Å². The van der Waals surface area contributed by atoms with Gasteiger partial charge in [-0.3, -0.25) is 11.3 Å². The molecule has 0 aromatic carbocycles. The molecule has 0 saturated heterocycles. The summed E-state index contributed by atoms with van der Waals surface area (Å²) in [7, 11) is 0. The topological polar surface area (TPSA) is 38.0 Å². The zero-order chi connectivity index (χ0) is 8.41. The van der Waals surface area contributed by atoms with Crippen molar-refractivity contribution in [2.45, 2.75) is 46.6 Å². The van der Waals surface area contributed by atoms with E-state index in [4.69, 9.17) is 5.84 Å². The predicted molar refractivity (Wildman–Crippen MR) is 52.7 cm³/mol. The van der Waals surface area contributed by atoms with Crippen LogP contribution in [0.2, 0.25) is 0 Å². The van der Waals surface area contributed by atoms with E-state index < -0.39 is 0 Å². The highest BCUT2D eigenvalue weighted by Gasteiger charge is 2.23. The molecule has 11 heavy (non-hydrogen) atoms. The minimum Gasteiger partial charge on any atom is -0.271 e. The van der Waals surface area contributed by atoms with Crippen LogP contribution in [0.5, 0.6) is 0 Å². The van der Waals surface area contributed by atoms with Crippen LogP contribution in [0.4, 0.5) is 0 Å². The number of hydrazine groups is 1. The molecule has 70 valence electrons. The fraction of sp³-hybridized carbons (Fsp3) is 1.00. The van der Waals surface area contributed by atoms with E-state index in [0.29, 0.717) is 5.41 Å². The maximum Gasteiger partial charge on any atom is 0.0270 e. The van der Waals surface area contributed by atoms with Crippen molar-refractivity contribution < 1.29 is 0 Å². The fourth-order valence-corrected chi connectivity index (χ4v) is 1.38. The normalized spacial score (nSPS) is 12.5. The molecule has 0 aromatic heterocycles. The summed E-state index contributed by atoms with van der Waals surface area (Å²) >= 11 is 0. The molecule has 0 rings (SSSR count). The van der Waals surface area contributed by atoms with Crippen LogP contribution >= 0.6 is 12.4 Å². The molecular formula is C8H21ClN2. The molecule has 0 spiro atoms. The van der Waals surface area contributed by atoms with E-state index in [1.54, 1.807) is 0 Å². The minimum atomic E-state index is 0. The molecule has 0 radical (unpaired) electrons. The van der Waals surface area contributed by atoms with Gasteiger partial charge in [0.1, 0.15) is 0 Å². The molecule has 0 bridgehead atoms. The zero-order valence-corrected chi connectivity index (χ0v) is 9.01. The van der Waals surface area contributed by atoms with Crippen molar-refractivity contribution in [3.8, 4) is 0 Å². The van der Waals surface area contributed by atoms with Crippen molar-refractivity contribution in [3.05, 3.63) is 0 Å². The maximum absolute atomic E-state index is 5.36. The average Bonchev–Trinajstić information content (AvgIpc) is 1.60. The molecule has 0 heterocycles. The lowest BCUT2D eigenvalue weighted by atomic mass is 9.82. The highest BCUT2D eigenvalue weighted by molar-refractivity contribution is 5.85. The number of hydrogen-bond donors (Lipinski definition) is 2. The van der Waals surface area contributed by atoms with E-state index in [2.05, 4.69) is 40.0 Å². The Morgan fingerprint density at radius 3 is 1.55 bits per heavy atom. The third-order valence-corrected chi connectivity index (χ3v) is 1.36. The lowest BCUT2D eigenvalue weighted by Gasteiger charge is -2.31. The summed E-state index contributed by atoms with van der Waals surface area (Å²) in [6, 6.07) is 0. The first-order valence-corrected chi connectivity index (χ1v) is 3.75. The third-order valence-electron chi connectivity index (χ3n) is 1.36. The number of nitrogens with two attached hydrogens (primary N) is 1. The van der Waals surface area contributed by atoms with Gasteiger partial charge in [-0.25, -0.2) is 0 Å². The van der Waals surface area contributed by atoms with Crippen LogP contribution in [-0.2, 0) is 0 Å². The molecule has 0 unspecified atom stereocenters. The van der Waals surface area contributed by atoms with Crippen molar-refractivity contribution in [2.24, 2.45) is 11.3 Å². The average molecular weight is 181 g/mol. The first-order valence-electron chi connectivity index (χ1n) is 3.75. The van der Waals surface area contributed by atoms with Crippen molar-refractivity contribution in [1.82, 2.24) is 5.43 Å². The Bertz CT molecular complexity index is 105. The van der Waals surface area contributed by atoms with E-state index in [1.165, 1.54) is 0 Å². The van der Waals surface area contributed by atoms with E-state index in [-0.39, 0.29) is 17.9 Å². The Morgan fingerprint density at radius 1 is 1.09 bits per heavy atom. The van der Waals surface area contributed by atoms with Gasteiger partial charge in [0.15, 0.2) is 0 Å². The van der Waals surface area contributed by atoms with Crippen LogP contribution in [0.3, 0.4) is 0 Å². The van der Waals surface area contributed by atoms with E-state index in [9.17, 15) is 0 Å². The summed E-state index contributed by atoms with van der Waals surface area (Å²) in [5, 5.41) is 0. The summed E-state index contributed by atoms with van der Waals surface area (Å²) in [6.45, 7) is 10.9. The molecule has 0 amide bonds. The number of nitrogens with one attached hydrogen (secondary N) is 1. The second kappa shape index (κ2) is 4.29. The Kier molecular flexibility index (Phi) is 5.37. The molecule has 2 nitrogen and oxygen atoms in total. The maximum atomic E-state index is 5.36. The highest BCUT2D eigenvalue weighted by atomic mass is 35.5. The van der Waals surface area contributed by atoms with Crippen molar-refractivity contribution >= 4 is 12.4 Å². The number of halogens is 1. The quantitative estimate of drug-likeness (QED) is 0.505. The summed E-state index contributed by atoms with van der Waals surface area (Å²) in [4.78, 5) is 0. The van der Waals surface area contributed by atoms with Crippen molar-refractivity contribution in [1.29, 1.82) is 0 Å². The SMILES string of the molecule is CC(C)(C)CC(C)(C)NN.Cl. The van der Waals surface area contributed by atoms with Crippen LogP contribution in [0, 0.1) is 5.41 Å². The molecule has 0 aliphatic rings. The summed E-state index contributed by atoms with van der Waals surface area (Å²) in [5.41, 5.74) is 3.19. The van der Waals surface area contributed by atoms with Crippen molar-refractivity contribution in [3.63, 3.8) is 0 Å². The molecule has 0 atom stereocenters. The molecular weight excluding hydrogens is 160 g/mol. The summed E-state index contributed by atoms with van der Waals surface area (Å²) in [6.07, 6.45) is 1.08. The van der Waals surface area contributed by atoms with Gasteiger partial charge in [0, 0.05) is 5.54 Å². The molecule has 0 aliphatic heterocycles. The first kappa shape index (κ1) is 13.8. The van der Waals surface area contributed by atoms with Crippen LogP contribution in [-0.4, -0.2) is 5.54 Å². The molecule has 0 aromatic rings. The Balaban J connectivity index is 0. The van der Waals surface area contributed by atoms with Gasteiger partial charge in [0.25, 0.3) is 0 Å². The van der Waals surface area contributed by atoms with Gasteiger partial charge < -0.3 is 0 Å². The predicted octanol–water partition coefficient (Wildman–Crippen LogP) is 2.09. The minimum absolute atomic E-state index is 0.